The molecule has 1 aliphatic rings. The fourth-order valence-corrected chi connectivity index (χ4v) is 6.65. The second kappa shape index (κ2) is 7.49. The van der Waals surface area contributed by atoms with Crippen molar-refractivity contribution in [1.82, 2.24) is 14.1 Å². The normalized spacial score (nSPS) is 21.6. The van der Waals surface area contributed by atoms with Gasteiger partial charge in [0.05, 0.1) is 10.6 Å². The Balaban J connectivity index is 1.80. The molecule has 0 spiro atoms. The molecule has 0 amide bonds. The van der Waals surface area contributed by atoms with E-state index in [0.29, 0.717) is 36.3 Å². The third-order valence-electron chi connectivity index (χ3n) is 4.84. The van der Waals surface area contributed by atoms with Gasteiger partial charge in [-0.25, -0.2) is 16.8 Å². The molecule has 2 unspecified atom stereocenters. The maximum atomic E-state index is 12.9. The Morgan fingerprint density at radius 1 is 1.04 bits per heavy atom. The fraction of sp³-hybridized carbons (Fsp3) is 0.500. The van der Waals surface area contributed by atoms with Gasteiger partial charge >= 0.3 is 0 Å². The average molecular weight is 427 g/mol. The monoisotopic (exact) mass is 426 g/mol. The van der Waals surface area contributed by atoms with Crippen molar-refractivity contribution in [3.8, 4) is 0 Å². The van der Waals surface area contributed by atoms with E-state index >= 15 is 0 Å². The lowest BCUT2D eigenvalue weighted by Gasteiger charge is -2.34. The van der Waals surface area contributed by atoms with Crippen molar-refractivity contribution < 1.29 is 16.8 Å². The van der Waals surface area contributed by atoms with Gasteiger partial charge < -0.3 is 0 Å². The topological polar surface area (TPSA) is 101 Å². The summed E-state index contributed by atoms with van der Waals surface area (Å²) < 4.78 is 56.4. The number of hydrogen-bond acceptors (Lipinski definition) is 5. The van der Waals surface area contributed by atoms with Crippen molar-refractivity contribution in [2.24, 2.45) is 18.9 Å². The molecule has 3 rings (SSSR count). The molecule has 0 bridgehead atoms. The molecule has 1 fully saturated rings. The molecule has 0 aliphatic carbocycles. The molecule has 8 nitrogen and oxygen atoms in total. The molecule has 1 N–H and O–H groups in total. The first-order valence-corrected chi connectivity index (χ1v) is 12.0. The quantitative estimate of drug-likeness (QED) is 0.790. The highest BCUT2D eigenvalue weighted by atomic mass is 32.2. The molecule has 2 atom stereocenters. The molecular weight excluding hydrogens is 400 g/mol. The Kier molecular flexibility index (Phi) is 5.57. The predicted octanol–water partition coefficient (Wildman–Crippen LogP) is 2.20. The first-order chi connectivity index (χ1) is 13.0. The van der Waals surface area contributed by atoms with E-state index < -0.39 is 20.0 Å². The van der Waals surface area contributed by atoms with Gasteiger partial charge in [-0.3, -0.25) is 9.40 Å². The smallest absolute Gasteiger partial charge is 0.265 e. The van der Waals surface area contributed by atoms with Gasteiger partial charge in [-0.1, -0.05) is 13.8 Å². The van der Waals surface area contributed by atoms with Crippen molar-refractivity contribution in [3.63, 3.8) is 0 Å². The summed E-state index contributed by atoms with van der Waals surface area (Å²) >= 11 is 0. The van der Waals surface area contributed by atoms with Crippen LogP contribution in [-0.2, 0) is 27.1 Å². The van der Waals surface area contributed by atoms with E-state index in [0.717, 1.165) is 6.42 Å². The number of nitrogens with one attached hydrogen (secondary N) is 1. The number of nitrogens with zero attached hydrogens (tertiary/aromatic N) is 3. The lowest BCUT2D eigenvalue weighted by Crippen LogP contribution is -2.42. The zero-order chi connectivity index (χ0) is 20.7. The molecule has 2 heterocycles. The Bertz CT molecular complexity index is 1050. The number of hydrogen-bond donors (Lipinski definition) is 1. The van der Waals surface area contributed by atoms with Crippen LogP contribution in [0, 0.1) is 18.8 Å². The van der Waals surface area contributed by atoms with Crippen molar-refractivity contribution in [2.45, 2.75) is 37.0 Å². The molecule has 1 aliphatic heterocycles. The maximum Gasteiger partial charge on any atom is 0.265 e. The van der Waals surface area contributed by atoms with E-state index in [2.05, 4.69) is 23.7 Å². The molecule has 2 aromatic rings. The van der Waals surface area contributed by atoms with E-state index in [1.165, 1.54) is 39.4 Å². The van der Waals surface area contributed by atoms with Crippen LogP contribution in [0.4, 0.5) is 5.69 Å². The van der Waals surface area contributed by atoms with Gasteiger partial charge in [0.2, 0.25) is 10.0 Å². The molecule has 1 aromatic heterocycles. The van der Waals surface area contributed by atoms with Crippen molar-refractivity contribution in [2.75, 3.05) is 17.8 Å². The largest absolute Gasteiger partial charge is 0.280 e. The summed E-state index contributed by atoms with van der Waals surface area (Å²) in [6, 6.07) is 5.81. The first-order valence-electron chi connectivity index (χ1n) is 9.12. The molecule has 0 radical (unpaired) electrons. The fourth-order valence-electron chi connectivity index (χ4n) is 3.70. The molecule has 0 saturated carbocycles. The third kappa shape index (κ3) is 4.23. The average Bonchev–Trinajstić information content (AvgIpc) is 2.93. The Labute approximate surface area is 166 Å². The lowest BCUT2D eigenvalue weighted by atomic mass is 9.94. The van der Waals surface area contributed by atoms with E-state index in [9.17, 15) is 16.8 Å². The summed E-state index contributed by atoms with van der Waals surface area (Å²) in [6.07, 6.45) is 2.44. The Morgan fingerprint density at radius 3 is 2.11 bits per heavy atom. The van der Waals surface area contributed by atoms with Gasteiger partial charge in [-0.2, -0.15) is 9.40 Å². The van der Waals surface area contributed by atoms with E-state index in [1.54, 1.807) is 14.0 Å². The second-order valence-electron chi connectivity index (χ2n) is 7.65. The maximum absolute atomic E-state index is 12.9. The van der Waals surface area contributed by atoms with Gasteiger partial charge in [0.1, 0.15) is 4.90 Å². The lowest BCUT2D eigenvalue weighted by molar-refractivity contribution is 0.222. The van der Waals surface area contributed by atoms with Crippen LogP contribution < -0.4 is 4.72 Å². The molecule has 1 aromatic carbocycles. The van der Waals surface area contributed by atoms with Gasteiger partial charge in [0.25, 0.3) is 10.0 Å². The van der Waals surface area contributed by atoms with Crippen LogP contribution in [-0.4, -0.2) is 44.0 Å². The number of rotatable bonds is 5. The number of sulfonamides is 2. The van der Waals surface area contributed by atoms with Crippen LogP contribution in [0.3, 0.4) is 0 Å². The highest BCUT2D eigenvalue weighted by molar-refractivity contribution is 7.92. The van der Waals surface area contributed by atoms with Crippen molar-refractivity contribution in [1.29, 1.82) is 0 Å². The summed E-state index contributed by atoms with van der Waals surface area (Å²) in [5, 5.41) is 4.04. The zero-order valence-corrected chi connectivity index (χ0v) is 18.1. The van der Waals surface area contributed by atoms with Gasteiger partial charge in [-0.15, -0.1) is 0 Å². The molecule has 1 saturated heterocycles. The summed E-state index contributed by atoms with van der Waals surface area (Å²) in [6.45, 7) is 6.72. The van der Waals surface area contributed by atoms with E-state index in [-0.39, 0.29) is 9.79 Å². The highest BCUT2D eigenvalue weighted by Crippen LogP contribution is 2.27. The Morgan fingerprint density at radius 2 is 1.61 bits per heavy atom. The minimum atomic E-state index is -3.80. The van der Waals surface area contributed by atoms with Crippen LogP contribution in [0.1, 0.15) is 26.0 Å². The van der Waals surface area contributed by atoms with E-state index in [1.807, 2.05) is 0 Å². The first kappa shape index (κ1) is 20.8. The van der Waals surface area contributed by atoms with Crippen LogP contribution >= 0.6 is 0 Å². The highest BCUT2D eigenvalue weighted by Gasteiger charge is 2.31. The van der Waals surface area contributed by atoms with Gasteiger partial charge in [0, 0.05) is 32.0 Å². The predicted molar refractivity (Wildman–Crippen MR) is 107 cm³/mol. The molecule has 154 valence electrons. The van der Waals surface area contributed by atoms with Crippen LogP contribution in [0.2, 0.25) is 0 Å². The number of piperidine rings is 1. The molecular formula is C18H26N4O4S2. The van der Waals surface area contributed by atoms with Crippen LogP contribution in [0.5, 0.6) is 0 Å². The van der Waals surface area contributed by atoms with Crippen molar-refractivity contribution in [3.05, 3.63) is 36.2 Å². The SMILES string of the molecule is Cc1nn(C)cc1S(=O)(=O)Nc1ccc(S(=O)(=O)N2CC(C)CC(C)C2)cc1. The number of benzene rings is 1. The number of aromatic nitrogens is 2. The zero-order valence-electron chi connectivity index (χ0n) is 16.5. The number of anilines is 1. The summed E-state index contributed by atoms with van der Waals surface area (Å²) in [5.41, 5.74) is 0.685. The standard InChI is InChI=1S/C18H26N4O4S2/c1-13-9-14(2)11-22(10-13)28(25,26)17-7-5-16(6-8-17)20-27(23,24)18-12-21(4)19-15(18)3/h5-8,12-14,20H,9-11H2,1-4H3. The van der Waals surface area contributed by atoms with Crippen molar-refractivity contribution >= 4 is 25.7 Å². The van der Waals surface area contributed by atoms with Crippen LogP contribution in [0.25, 0.3) is 0 Å². The number of aryl methyl sites for hydroxylation is 2. The minimum Gasteiger partial charge on any atom is -0.280 e. The molecule has 28 heavy (non-hydrogen) atoms. The summed E-state index contributed by atoms with van der Waals surface area (Å²) in [7, 11) is -5.75. The Hall–Kier alpha value is -1.91. The third-order valence-corrected chi connectivity index (χ3v) is 8.17. The van der Waals surface area contributed by atoms with Crippen LogP contribution in [0.15, 0.2) is 40.3 Å². The second-order valence-corrected chi connectivity index (χ2v) is 11.2. The minimum absolute atomic E-state index is 0.0861. The summed E-state index contributed by atoms with van der Waals surface area (Å²) in [5.74, 6) is 0.625. The summed E-state index contributed by atoms with van der Waals surface area (Å²) in [4.78, 5) is 0.247. The molecule has 10 heteroatoms. The van der Waals surface area contributed by atoms with Gasteiger partial charge in [0.15, 0.2) is 0 Å². The van der Waals surface area contributed by atoms with E-state index in [4.69, 9.17) is 0 Å². The van der Waals surface area contributed by atoms with Gasteiger partial charge in [-0.05, 0) is 49.4 Å².